The van der Waals surface area contributed by atoms with Gasteiger partial charge in [-0.25, -0.2) is 0 Å². The van der Waals surface area contributed by atoms with E-state index in [4.69, 9.17) is 4.74 Å². The van der Waals surface area contributed by atoms with Crippen LogP contribution in [0.15, 0.2) is 36.4 Å². The first kappa shape index (κ1) is 22.7. The highest BCUT2D eigenvalue weighted by molar-refractivity contribution is 5.84. The van der Waals surface area contributed by atoms with Crippen LogP contribution in [0.3, 0.4) is 0 Å². The van der Waals surface area contributed by atoms with Gasteiger partial charge in [0.25, 0.3) is 0 Å². The highest BCUT2D eigenvalue weighted by Gasteiger charge is 2.37. The molecule has 1 N–H and O–H groups in total. The van der Waals surface area contributed by atoms with Crippen LogP contribution < -0.4 is 4.74 Å². The third-order valence-electron chi connectivity index (χ3n) is 8.59. The molecule has 0 spiro atoms. The molecule has 3 fully saturated rings. The molecule has 1 saturated heterocycles. The Morgan fingerprint density at radius 3 is 2.48 bits per heavy atom. The van der Waals surface area contributed by atoms with Crippen LogP contribution in [0.2, 0.25) is 0 Å². The summed E-state index contributed by atoms with van der Waals surface area (Å²) in [4.78, 5) is 13.9. The zero-order valence-corrected chi connectivity index (χ0v) is 20.3. The van der Waals surface area contributed by atoms with Crippen molar-refractivity contribution < 1.29 is 14.6 Å². The summed E-state index contributed by atoms with van der Waals surface area (Å²) >= 11 is 0. The standard InChI is InChI=1S/C29H39NO3/c1-29(2)12-10-26(11-13-29)33-27-9-8-22-14-20(6-7-23(22)16-27)17-30-18-25(19-30)21-4-3-5-24(15-21)28(31)32/h6-9,14,16,21,24-26H,3-5,10-13,15,17-19H2,1-2H3,(H,31,32)/t21-,24-/m1/s1. The molecule has 4 heteroatoms. The Labute approximate surface area is 198 Å². The van der Waals surface area contributed by atoms with E-state index in [1.165, 1.54) is 35.6 Å². The van der Waals surface area contributed by atoms with Crippen molar-refractivity contribution in [2.75, 3.05) is 13.1 Å². The van der Waals surface area contributed by atoms with Gasteiger partial charge in [-0.1, -0.05) is 44.9 Å². The molecule has 2 aromatic rings. The van der Waals surface area contributed by atoms with Gasteiger partial charge in [-0.2, -0.15) is 0 Å². The molecule has 0 unspecified atom stereocenters. The third kappa shape index (κ3) is 5.37. The zero-order chi connectivity index (χ0) is 23.0. The minimum absolute atomic E-state index is 0.114. The lowest BCUT2D eigenvalue weighted by Crippen LogP contribution is -2.50. The van der Waals surface area contributed by atoms with Crippen molar-refractivity contribution in [3.8, 4) is 5.75 Å². The van der Waals surface area contributed by atoms with Gasteiger partial charge in [-0.05, 0) is 90.3 Å². The Morgan fingerprint density at radius 1 is 1.00 bits per heavy atom. The number of hydrogen-bond acceptors (Lipinski definition) is 3. The lowest BCUT2D eigenvalue weighted by atomic mass is 9.72. The number of carboxylic acid groups (broad SMARTS) is 1. The lowest BCUT2D eigenvalue weighted by Gasteiger charge is -2.45. The minimum atomic E-state index is -0.594. The van der Waals surface area contributed by atoms with Gasteiger partial charge in [0.15, 0.2) is 0 Å². The zero-order valence-electron chi connectivity index (χ0n) is 20.3. The number of aliphatic carboxylic acids is 1. The Bertz CT molecular complexity index is 984. The highest BCUT2D eigenvalue weighted by atomic mass is 16.5. The van der Waals surface area contributed by atoms with E-state index in [-0.39, 0.29) is 5.92 Å². The Hall–Kier alpha value is -2.07. The third-order valence-corrected chi connectivity index (χ3v) is 8.59. The fourth-order valence-electron chi connectivity index (χ4n) is 6.30. The molecular weight excluding hydrogens is 410 g/mol. The molecule has 2 aromatic carbocycles. The van der Waals surface area contributed by atoms with E-state index in [2.05, 4.69) is 55.1 Å². The van der Waals surface area contributed by atoms with E-state index in [1.54, 1.807) is 0 Å². The fraction of sp³-hybridized carbons (Fsp3) is 0.621. The number of carboxylic acids is 1. The SMILES string of the molecule is CC1(C)CCC(Oc2ccc3cc(CN4CC([C@@H]5CCC[C@@H](C(=O)O)C5)C4)ccc3c2)CC1. The van der Waals surface area contributed by atoms with Gasteiger partial charge in [-0.15, -0.1) is 0 Å². The van der Waals surface area contributed by atoms with Gasteiger partial charge < -0.3 is 9.84 Å². The normalized spacial score (nSPS) is 26.7. The molecule has 0 radical (unpaired) electrons. The van der Waals surface area contributed by atoms with Gasteiger partial charge in [0, 0.05) is 19.6 Å². The second-order valence-electron chi connectivity index (χ2n) is 11.7. The number of rotatable bonds is 6. The maximum absolute atomic E-state index is 11.4. The minimum Gasteiger partial charge on any atom is -0.490 e. The van der Waals surface area contributed by atoms with Crippen LogP contribution in [-0.4, -0.2) is 35.2 Å². The average Bonchev–Trinajstić information content (AvgIpc) is 2.77. The predicted molar refractivity (Wildman–Crippen MR) is 132 cm³/mol. The van der Waals surface area contributed by atoms with Crippen molar-refractivity contribution in [1.82, 2.24) is 4.90 Å². The van der Waals surface area contributed by atoms with E-state index in [1.807, 2.05) is 0 Å². The van der Waals surface area contributed by atoms with Gasteiger partial charge in [0.1, 0.15) is 5.75 Å². The number of fused-ring (bicyclic) bond motifs is 1. The molecule has 0 aromatic heterocycles. The second kappa shape index (κ2) is 9.29. The van der Waals surface area contributed by atoms with Crippen LogP contribution >= 0.6 is 0 Å². The lowest BCUT2D eigenvalue weighted by molar-refractivity contribution is -0.144. The van der Waals surface area contributed by atoms with Crippen LogP contribution in [0, 0.1) is 23.2 Å². The molecule has 1 aliphatic heterocycles. The summed E-state index contributed by atoms with van der Waals surface area (Å²) in [5.41, 5.74) is 1.82. The molecule has 5 rings (SSSR count). The molecular formula is C29H39NO3. The first-order valence-corrected chi connectivity index (χ1v) is 13.0. The van der Waals surface area contributed by atoms with Crippen molar-refractivity contribution in [2.24, 2.45) is 23.2 Å². The van der Waals surface area contributed by atoms with Crippen molar-refractivity contribution in [3.63, 3.8) is 0 Å². The molecule has 2 aliphatic carbocycles. The van der Waals surface area contributed by atoms with Gasteiger partial charge >= 0.3 is 5.97 Å². The van der Waals surface area contributed by atoms with Crippen LogP contribution in [0.25, 0.3) is 10.8 Å². The summed E-state index contributed by atoms with van der Waals surface area (Å²) < 4.78 is 6.32. The van der Waals surface area contributed by atoms with Crippen LogP contribution in [0.1, 0.15) is 70.8 Å². The summed E-state index contributed by atoms with van der Waals surface area (Å²) in [7, 11) is 0. The van der Waals surface area contributed by atoms with E-state index in [0.29, 0.717) is 23.4 Å². The molecule has 2 saturated carbocycles. The van der Waals surface area contributed by atoms with Gasteiger partial charge in [-0.3, -0.25) is 9.69 Å². The Kier molecular flexibility index (Phi) is 6.39. The molecule has 3 aliphatic rings. The predicted octanol–water partition coefficient (Wildman–Crippen LogP) is 6.51. The number of ether oxygens (including phenoxy) is 1. The maximum Gasteiger partial charge on any atom is 0.306 e. The molecule has 4 nitrogen and oxygen atoms in total. The van der Waals surface area contributed by atoms with E-state index < -0.39 is 5.97 Å². The summed E-state index contributed by atoms with van der Waals surface area (Å²) in [6.45, 7) is 7.93. The van der Waals surface area contributed by atoms with E-state index in [9.17, 15) is 9.90 Å². The van der Waals surface area contributed by atoms with Gasteiger partial charge in [0.2, 0.25) is 0 Å². The number of hydrogen-bond donors (Lipinski definition) is 1. The number of benzene rings is 2. The van der Waals surface area contributed by atoms with Crippen molar-refractivity contribution in [1.29, 1.82) is 0 Å². The number of carbonyl (C=O) groups is 1. The quantitative estimate of drug-likeness (QED) is 0.546. The summed E-state index contributed by atoms with van der Waals surface area (Å²) in [6, 6.07) is 13.3. The van der Waals surface area contributed by atoms with Crippen molar-refractivity contribution >= 4 is 16.7 Å². The molecule has 178 valence electrons. The first-order chi connectivity index (χ1) is 15.8. The Morgan fingerprint density at radius 2 is 1.73 bits per heavy atom. The molecule has 2 atom stereocenters. The number of likely N-dealkylation sites (tertiary alicyclic amines) is 1. The highest BCUT2D eigenvalue weighted by Crippen LogP contribution is 2.39. The largest absolute Gasteiger partial charge is 0.490 e. The first-order valence-electron chi connectivity index (χ1n) is 13.0. The molecule has 1 heterocycles. The number of nitrogens with zero attached hydrogens (tertiary/aromatic N) is 1. The van der Waals surface area contributed by atoms with E-state index >= 15 is 0 Å². The maximum atomic E-state index is 11.4. The summed E-state index contributed by atoms with van der Waals surface area (Å²) in [5, 5.41) is 11.9. The fourth-order valence-corrected chi connectivity index (χ4v) is 6.30. The monoisotopic (exact) mass is 449 g/mol. The Balaban J connectivity index is 1.14. The molecule has 0 amide bonds. The topological polar surface area (TPSA) is 49.8 Å². The van der Waals surface area contributed by atoms with Crippen molar-refractivity contribution in [2.45, 2.75) is 77.9 Å². The van der Waals surface area contributed by atoms with E-state index in [0.717, 1.165) is 57.5 Å². The van der Waals surface area contributed by atoms with Gasteiger partial charge in [0.05, 0.1) is 12.0 Å². The van der Waals surface area contributed by atoms with Crippen molar-refractivity contribution in [3.05, 3.63) is 42.0 Å². The summed E-state index contributed by atoms with van der Waals surface area (Å²) in [5.74, 6) is 1.57. The second-order valence-corrected chi connectivity index (χ2v) is 11.7. The van der Waals surface area contributed by atoms with Crippen LogP contribution in [0.5, 0.6) is 5.75 Å². The van der Waals surface area contributed by atoms with Crippen LogP contribution in [0.4, 0.5) is 0 Å². The molecule has 0 bridgehead atoms. The average molecular weight is 450 g/mol. The smallest absolute Gasteiger partial charge is 0.306 e. The van der Waals surface area contributed by atoms with Crippen LogP contribution in [-0.2, 0) is 11.3 Å². The molecule has 33 heavy (non-hydrogen) atoms. The summed E-state index contributed by atoms with van der Waals surface area (Å²) in [6.07, 6.45) is 9.17.